The van der Waals surface area contributed by atoms with Gasteiger partial charge < -0.3 is 10.1 Å². The number of nitrogens with zero attached hydrogens (tertiary/aromatic N) is 2. The van der Waals surface area contributed by atoms with E-state index in [1.807, 2.05) is 6.92 Å². The lowest BCUT2D eigenvalue weighted by Gasteiger charge is -2.13. The molecule has 1 aromatic heterocycles. The third kappa shape index (κ3) is 3.69. The van der Waals surface area contributed by atoms with Crippen LogP contribution in [-0.4, -0.2) is 22.1 Å². The van der Waals surface area contributed by atoms with Gasteiger partial charge in [-0.2, -0.15) is 5.10 Å². The van der Waals surface area contributed by atoms with E-state index in [0.717, 1.165) is 0 Å². The van der Waals surface area contributed by atoms with Crippen molar-refractivity contribution in [3.63, 3.8) is 0 Å². The minimum Gasteiger partial charge on any atom is -0.405 e. The molecule has 2 atom stereocenters. The van der Waals surface area contributed by atoms with E-state index < -0.39 is 6.36 Å². The smallest absolute Gasteiger partial charge is 0.405 e. The molecule has 0 bridgehead atoms. The number of para-hydroxylation sites is 1. The predicted octanol–water partition coefficient (Wildman–Crippen LogP) is 3.54. The number of carbonyl (C=O) groups is 1. The number of nitrogens with one attached hydrogen (secondary N) is 1. The van der Waals surface area contributed by atoms with Crippen molar-refractivity contribution in [2.24, 2.45) is 5.92 Å². The monoisotopic (exact) mass is 339 g/mol. The largest absolute Gasteiger partial charge is 0.573 e. The Kier molecular flexibility index (Phi) is 4.21. The Labute approximate surface area is 136 Å². The van der Waals surface area contributed by atoms with Gasteiger partial charge in [0.25, 0.3) is 0 Å². The van der Waals surface area contributed by atoms with Gasteiger partial charge in [-0.15, -0.1) is 13.2 Å². The molecule has 3 rings (SSSR count). The molecule has 1 fully saturated rings. The molecule has 24 heavy (non-hydrogen) atoms. The molecule has 1 amide bonds. The van der Waals surface area contributed by atoms with Crippen molar-refractivity contribution < 1.29 is 22.7 Å². The van der Waals surface area contributed by atoms with Gasteiger partial charge in [0.15, 0.2) is 0 Å². The van der Waals surface area contributed by atoms with Crippen LogP contribution >= 0.6 is 0 Å². The number of aromatic nitrogens is 2. The molecule has 0 aliphatic heterocycles. The van der Waals surface area contributed by atoms with Crippen molar-refractivity contribution in [3.05, 3.63) is 42.2 Å². The van der Waals surface area contributed by atoms with Crippen molar-refractivity contribution in [2.75, 3.05) is 5.32 Å². The van der Waals surface area contributed by atoms with Gasteiger partial charge in [-0.1, -0.05) is 18.2 Å². The number of rotatable bonds is 5. The standard InChI is InChI=1S/C16H16F3N3O2/c1-2-22-9-10(8-20-22)21-15(23)13-7-12(13)11-5-3-4-6-14(11)24-16(17,18)19/h3-6,8-9,12-13H,2,7H2,1H3,(H,21,23)/t12-,13-/m0/s1. The molecule has 0 spiro atoms. The second-order valence-corrected chi connectivity index (χ2v) is 5.61. The van der Waals surface area contributed by atoms with E-state index >= 15 is 0 Å². The van der Waals surface area contributed by atoms with Gasteiger partial charge in [-0.05, 0) is 30.9 Å². The molecule has 1 aromatic carbocycles. The van der Waals surface area contributed by atoms with Crippen LogP contribution in [0.4, 0.5) is 18.9 Å². The Morgan fingerprint density at radius 1 is 1.42 bits per heavy atom. The molecule has 1 aliphatic rings. The number of hydrogen-bond donors (Lipinski definition) is 1. The van der Waals surface area contributed by atoms with Crippen LogP contribution in [0.5, 0.6) is 5.75 Å². The highest BCUT2D eigenvalue weighted by molar-refractivity contribution is 5.95. The summed E-state index contributed by atoms with van der Waals surface area (Å²) in [7, 11) is 0. The summed E-state index contributed by atoms with van der Waals surface area (Å²) in [6, 6.07) is 5.94. The highest BCUT2D eigenvalue weighted by atomic mass is 19.4. The number of anilines is 1. The van der Waals surface area contributed by atoms with Crippen LogP contribution in [0.3, 0.4) is 0 Å². The summed E-state index contributed by atoms with van der Waals surface area (Å²) in [4.78, 5) is 12.2. The van der Waals surface area contributed by atoms with Crippen molar-refractivity contribution in [3.8, 4) is 5.75 Å². The SMILES string of the molecule is CCn1cc(NC(=O)[C@H]2C[C@H]2c2ccccc2OC(F)(F)F)cn1. The van der Waals surface area contributed by atoms with Crippen LogP contribution in [0.25, 0.3) is 0 Å². The maximum atomic E-state index is 12.5. The van der Waals surface area contributed by atoms with Gasteiger partial charge in [0.2, 0.25) is 5.91 Å². The zero-order valence-corrected chi connectivity index (χ0v) is 12.9. The van der Waals surface area contributed by atoms with E-state index in [4.69, 9.17) is 0 Å². The minimum atomic E-state index is -4.75. The summed E-state index contributed by atoms with van der Waals surface area (Å²) >= 11 is 0. The molecule has 2 aromatic rings. The Balaban J connectivity index is 1.67. The van der Waals surface area contributed by atoms with E-state index in [9.17, 15) is 18.0 Å². The fourth-order valence-electron chi connectivity index (χ4n) is 2.67. The number of benzene rings is 1. The van der Waals surface area contributed by atoms with Gasteiger partial charge in [-0.25, -0.2) is 0 Å². The molecule has 1 N–H and O–H groups in total. The number of halogens is 3. The van der Waals surface area contributed by atoms with Crippen LogP contribution < -0.4 is 10.1 Å². The highest BCUT2D eigenvalue weighted by Gasteiger charge is 2.46. The molecular formula is C16H16F3N3O2. The van der Waals surface area contributed by atoms with Crippen molar-refractivity contribution in [1.82, 2.24) is 9.78 Å². The molecule has 0 radical (unpaired) electrons. The van der Waals surface area contributed by atoms with Crippen LogP contribution in [0.1, 0.15) is 24.8 Å². The van der Waals surface area contributed by atoms with E-state index in [1.165, 1.54) is 12.1 Å². The number of alkyl halides is 3. The molecule has 1 heterocycles. The van der Waals surface area contributed by atoms with Gasteiger partial charge in [0.1, 0.15) is 5.75 Å². The van der Waals surface area contributed by atoms with Gasteiger partial charge in [-0.3, -0.25) is 9.48 Å². The average Bonchev–Trinajstić information content (AvgIpc) is 3.19. The third-order valence-electron chi connectivity index (χ3n) is 3.90. The van der Waals surface area contributed by atoms with E-state index in [-0.39, 0.29) is 23.5 Å². The summed E-state index contributed by atoms with van der Waals surface area (Å²) in [6.45, 7) is 2.61. The maximum absolute atomic E-state index is 12.5. The molecule has 1 saturated carbocycles. The normalized spacial score (nSPS) is 19.8. The Bertz CT molecular complexity index is 742. The summed E-state index contributed by atoms with van der Waals surface area (Å²) < 4.78 is 43.1. The predicted molar refractivity (Wildman–Crippen MR) is 80.5 cm³/mol. The van der Waals surface area contributed by atoms with E-state index in [2.05, 4.69) is 15.2 Å². The molecular weight excluding hydrogens is 323 g/mol. The highest BCUT2D eigenvalue weighted by Crippen LogP contribution is 2.51. The number of carbonyl (C=O) groups excluding carboxylic acids is 1. The number of ether oxygens (including phenoxy) is 1. The van der Waals surface area contributed by atoms with Crippen molar-refractivity contribution >= 4 is 11.6 Å². The van der Waals surface area contributed by atoms with Crippen LogP contribution in [0.2, 0.25) is 0 Å². The average molecular weight is 339 g/mol. The summed E-state index contributed by atoms with van der Waals surface area (Å²) in [5.74, 6) is -1.11. The first-order valence-electron chi connectivity index (χ1n) is 7.55. The first-order chi connectivity index (χ1) is 11.4. The second-order valence-electron chi connectivity index (χ2n) is 5.61. The lowest BCUT2D eigenvalue weighted by Crippen LogP contribution is -2.18. The first-order valence-corrected chi connectivity index (χ1v) is 7.55. The van der Waals surface area contributed by atoms with E-state index in [1.54, 1.807) is 29.2 Å². The van der Waals surface area contributed by atoms with Crippen molar-refractivity contribution in [2.45, 2.75) is 32.2 Å². The Morgan fingerprint density at radius 2 is 2.17 bits per heavy atom. The molecule has 0 saturated heterocycles. The zero-order chi connectivity index (χ0) is 17.3. The van der Waals surface area contributed by atoms with Crippen LogP contribution in [0.15, 0.2) is 36.7 Å². The zero-order valence-electron chi connectivity index (χ0n) is 12.9. The fraction of sp³-hybridized carbons (Fsp3) is 0.375. The third-order valence-corrected chi connectivity index (χ3v) is 3.90. The van der Waals surface area contributed by atoms with Gasteiger partial charge >= 0.3 is 6.36 Å². The molecule has 0 unspecified atom stereocenters. The van der Waals surface area contributed by atoms with Crippen LogP contribution in [0, 0.1) is 5.92 Å². The van der Waals surface area contributed by atoms with E-state index in [0.29, 0.717) is 24.2 Å². The molecule has 1 aliphatic carbocycles. The fourth-order valence-corrected chi connectivity index (χ4v) is 2.67. The van der Waals surface area contributed by atoms with Gasteiger partial charge in [0, 0.05) is 18.7 Å². The number of amides is 1. The number of hydrogen-bond acceptors (Lipinski definition) is 3. The quantitative estimate of drug-likeness (QED) is 0.906. The summed E-state index contributed by atoms with van der Waals surface area (Å²) in [5.41, 5.74) is 0.978. The summed E-state index contributed by atoms with van der Waals surface area (Å²) in [6.07, 6.45) is -1.01. The topological polar surface area (TPSA) is 56.2 Å². The maximum Gasteiger partial charge on any atom is 0.573 e. The minimum absolute atomic E-state index is 0.225. The molecule has 8 heteroatoms. The Hall–Kier alpha value is -2.51. The molecule has 5 nitrogen and oxygen atoms in total. The van der Waals surface area contributed by atoms with Crippen molar-refractivity contribution in [1.29, 1.82) is 0 Å². The first kappa shape index (κ1) is 16.4. The Morgan fingerprint density at radius 3 is 2.83 bits per heavy atom. The number of aryl methyl sites for hydroxylation is 1. The molecule has 128 valence electrons. The second kappa shape index (κ2) is 6.18. The van der Waals surface area contributed by atoms with Gasteiger partial charge in [0.05, 0.1) is 11.9 Å². The van der Waals surface area contributed by atoms with Crippen LogP contribution in [-0.2, 0) is 11.3 Å². The summed E-state index contributed by atoms with van der Waals surface area (Å²) in [5, 5.41) is 6.80. The lowest BCUT2D eigenvalue weighted by molar-refractivity contribution is -0.274. The lowest BCUT2D eigenvalue weighted by atomic mass is 10.1.